The van der Waals surface area contributed by atoms with Gasteiger partial charge in [0.2, 0.25) is 0 Å². The molecule has 0 N–H and O–H groups in total. The van der Waals surface area contributed by atoms with Crippen LogP contribution in [0.4, 0.5) is 34.1 Å². The van der Waals surface area contributed by atoms with Gasteiger partial charge in [0.25, 0.3) is 0 Å². The molecule has 0 fully saturated rings. The quantitative estimate of drug-likeness (QED) is 0.151. The van der Waals surface area contributed by atoms with Gasteiger partial charge in [0, 0.05) is 33.8 Å². The first kappa shape index (κ1) is 32.9. The smallest absolute Gasteiger partial charge is 0.113 e. The summed E-state index contributed by atoms with van der Waals surface area (Å²) in [5, 5.41) is 8.15. The molecule has 9 aromatic carbocycles. The summed E-state index contributed by atoms with van der Waals surface area (Å²) in [6.45, 7) is 5.05. The third kappa shape index (κ3) is 5.64. The minimum atomic E-state index is -2.10. The molecule has 0 atom stereocenters. The van der Waals surface area contributed by atoms with E-state index in [2.05, 4.69) is 229 Å². The van der Waals surface area contributed by atoms with Gasteiger partial charge >= 0.3 is 0 Å². The maximum Gasteiger partial charge on any atom is 0.113 e. The molecule has 1 heterocycles. The van der Waals surface area contributed by atoms with Crippen molar-refractivity contribution in [2.75, 3.05) is 9.80 Å². The minimum absolute atomic E-state index is 1.14. The fourth-order valence-corrected chi connectivity index (χ4v) is 11.8. The van der Waals surface area contributed by atoms with Gasteiger partial charge in [0.05, 0.1) is 5.69 Å². The van der Waals surface area contributed by atoms with Crippen molar-refractivity contribution in [3.05, 3.63) is 206 Å². The van der Waals surface area contributed by atoms with Crippen LogP contribution in [0.2, 0.25) is 13.1 Å². The van der Waals surface area contributed by atoms with Crippen LogP contribution in [-0.2, 0) is 0 Å². The van der Waals surface area contributed by atoms with Gasteiger partial charge in [0.15, 0.2) is 0 Å². The fraction of sp³-hybridized carbons (Fsp3) is 0.0385. The van der Waals surface area contributed by atoms with Crippen LogP contribution in [0.1, 0.15) is 0 Å². The van der Waals surface area contributed by atoms with Gasteiger partial charge < -0.3 is 9.80 Å². The topological polar surface area (TPSA) is 6.48 Å². The molecule has 0 saturated carbocycles. The summed E-state index contributed by atoms with van der Waals surface area (Å²) in [4.78, 5) is 4.73. The van der Waals surface area contributed by atoms with Crippen LogP contribution in [0.5, 0.6) is 0 Å². The minimum Gasteiger partial charge on any atom is -0.310 e. The van der Waals surface area contributed by atoms with Crippen LogP contribution in [0.3, 0.4) is 0 Å². The fourth-order valence-electron chi connectivity index (χ4n) is 8.69. The number of rotatable bonds is 7. The summed E-state index contributed by atoms with van der Waals surface area (Å²) in [6.07, 6.45) is 0. The van der Waals surface area contributed by atoms with Gasteiger partial charge in [-0.05, 0) is 122 Å². The molecule has 0 unspecified atom stereocenters. The van der Waals surface area contributed by atoms with Crippen molar-refractivity contribution in [2.45, 2.75) is 13.1 Å². The lowest BCUT2D eigenvalue weighted by Crippen LogP contribution is -2.55. The number of nitrogens with zero attached hydrogens (tertiary/aromatic N) is 2. The molecule has 2 nitrogen and oxygen atoms in total. The normalized spacial score (nSPS) is 12.7. The van der Waals surface area contributed by atoms with Crippen molar-refractivity contribution in [1.82, 2.24) is 0 Å². The Hall–Kier alpha value is -6.68. The van der Waals surface area contributed by atoms with E-state index in [-0.39, 0.29) is 0 Å². The number of anilines is 6. The van der Waals surface area contributed by atoms with E-state index in [4.69, 9.17) is 0 Å². The molecule has 0 aromatic heterocycles. The third-order valence-corrected chi connectivity index (χ3v) is 14.9. The molecule has 1 aliphatic heterocycles. The second kappa shape index (κ2) is 13.3. The molecule has 0 bridgehead atoms. The summed E-state index contributed by atoms with van der Waals surface area (Å²) in [6, 6.07) is 75.4. The zero-order valence-electron chi connectivity index (χ0n) is 31.0. The highest BCUT2D eigenvalue weighted by Gasteiger charge is 2.36. The van der Waals surface area contributed by atoms with Crippen LogP contribution in [0, 0.1) is 0 Å². The Morgan fingerprint density at radius 3 is 1.47 bits per heavy atom. The first-order valence-corrected chi connectivity index (χ1v) is 22.1. The Balaban J connectivity index is 1.05. The average Bonchev–Trinajstić information content (AvgIpc) is 3.24. The van der Waals surface area contributed by atoms with Crippen LogP contribution >= 0.6 is 0 Å². The van der Waals surface area contributed by atoms with E-state index in [9.17, 15) is 0 Å². The van der Waals surface area contributed by atoms with Crippen molar-refractivity contribution in [1.29, 1.82) is 0 Å². The number of fused-ring (bicyclic) bond motifs is 3. The van der Waals surface area contributed by atoms with Crippen LogP contribution in [0.25, 0.3) is 43.8 Å². The number of hydrogen-bond acceptors (Lipinski definition) is 2. The van der Waals surface area contributed by atoms with E-state index < -0.39 is 8.07 Å². The van der Waals surface area contributed by atoms with Crippen LogP contribution < -0.4 is 20.2 Å². The zero-order valence-corrected chi connectivity index (χ0v) is 32.0. The van der Waals surface area contributed by atoms with E-state index in [1.54, 1.807) is 0 Å². The second-order valence-electron chi connectivity index (χ2n) is 15.0. The van der Waals surface area contributed by atoms with Crippen molar-refractivity contribution in [2.24, 2.45) is 0 Å². The first-order chi connectivity index (χ1) is 27.0. The molecule has 9 aromatic rings. The highest BCUT2D eigenvalue weighted by Crippen LogP contribution is 2.44. The van der Waals surface area contributed by atoms with Gasteiger partial charge in [-0.1, -0.05) is 147 Å². The molecule has 0 spiro atoms. The van der Waals surface area contributed by atoms with Gasteiger partial charge in [-0.3, -0.25) is 0 Å². The molecular weight excluding hydrogens is 681 g/mol. The van der Waals surface area contributed by atoms with E-state index in [0.717, 1.165) is 28.4 Å². The molecule has 55 heavy (non-hydrogen) atoms. The van der Waals surface area contributed by atoms with Crippen molar-refractivity contribution >= 4 is 74.1 Å². The maximum absolute atomic E-state index is 2.53. The molecular formula is C52H40N2Si. The Morgan fingerprint density at radius 1 is 0.345 bits per heavy atom. The monoisotopic (exact) mass is 720 g/mol. The van der Waals surface area contributed by atoms with E-state index in [0.29, 0.717) is 0 Å². The first-order valence-electron chi connectivity index (χ1n) is 19.1. The number of benzene rings is 9. The number of hydrogen-bond donors (Lipinski definition) is 0. The average molecular weight is 721 g/mol. The summed E-state index contributed by atoms with van der Waals surface area (Å²) in [5.74, 6) is 0. The lowest BCUT2D eigenvalue weighted by molar-refractivity contribution is 1.29. The highest BCUT2D eigenvalue weighted by atomic mass is 28.3. The highest BCUT2D eigenvalue weighted by molar-refractivity contribution is 7.03. The lowest BCUT2D eigenvalue weighted by Gasteiger charge is -2.35. The van der Waals surface area contributed by atoms with E-state index in [1.807, 2.05) is 0 Å². The zero-order chi connectivity index (χ0) is 36.9. The SMILES string of the molecule is C[Si]1(C)c2cc(-c3ccc4cc(N(c5ccccc5)c5ccccc5)ccc4c3)ccc2-c2ccc(N(c3ccccc3)c3ccccc3)c3cccc1c23. The van der Waals surface area contributed by atoms with Crippen LogP contribution in [-0.4, -0.2) is 8.07 Å². The van der Waals surface area contributed by atoms with Crippen molar-refractivity contribution in [3.8, 4) is 22.3 Å². The van der Waals surface area contributed by atoms with Crippen LogP contribution in [0.15, 0.2) is 206 Å². The predicted molar refractivity (Wildman–Crippen MR) is 238 cm³/mol. The Kier molecular flexibility index (Phi) is 7.97. The van der Waals surface area contributed by atoms with Crippen molar-refractivity contribution < 1.29 is 0 Å². The molecule has 10 rings (SSSR count). The largest absolute Gasteiger partial charge is 0.310 e. The maximum atomic E-state index is 2.53. The standard InChI is InChI=1S/C52H40N2Si/c1-55(2)50-25-15-24-48-49(54(43-20-11-5-12-21-43)44-22-13-6-14-23-44)33-32-47(52(48)50)46-31-29-40(36-51(46)55)37-26-27-39-35-45(30-28-38(39)34-37)53(41-16-7-3-8-17-41)42-18-9-4-10-19-42/h3-36H,1-2H3. The van der Waals surface area contributed by atoms with Crippen molar-refractivity contribution in [3.63, 3.8) is 0 Å². The molecule has 0 aliphatic carbocycles. The molecule has 1 aliphatic rings. The Labute approximate surface area is 324 Å². The lowest BCUT2D eigenvalue weighted by atomic mass is 9.93. The third-order valence-electron chi connectivity index (χ3n) is 11.4. The number of para-hydroxylation sites is 4. The van der Waals surface area contributed by atoms with Gasteiger partial charge in [0.1, 0.15) is 8.07 Å². The van der Waals surface area contributed by atoms with Gasteiger partial charge in [-0.25, -0.2) is 0 Å². The Morgan fingerprint density at radius 2 is 0.855 bits per heavy atom. The van der Waals surface area contributed by atoms with Gasteiger partial charge in [-0.2, -0.15) is 0 Å². The molecule has 0 amide bonds. The van der Waals surface area contributed by atoms with Gasteiger partial charge in [-0.15, -0.1) is 0 Å². The summed E-state index contributed by atoms with van der Waals surface area (Å²) in [5.41, 5.74) is 12.2. The predicted octanol–water partition coefficient (Wildman–Crippen LogP) is 13.4. The molecule has 0 radical (unpaired) electrons. The molecule has 262 valence electrons. The Bertz CT molecular complexity index is 2750. The molecule has 0 saturated heterocycles. The summed E-state index contributed by atoms with van der Waals surface area (Å²) < 4.78 is 0. The van der Waals surface area contributed by atoms with E-state index in [1.165, 1.54) is 59.9 Å². The second-order valence-corrected chi connectivity index (χ2v) is 19.3. The summed E-state index contributed by atoms with van der Waals surface area (Å²) >= 11 is 0. The summed E-state index contributed by atoms with van der Waals surface area (Å²) in [7, 11) is -2.10. The molecule has 3 heteroatoms. The van der Waals surface area contributed by atoms with E-state index >= 15 is 0 Å².